The molecule has 4 heteroatoms. The first-order valence-corrected chi connectivity index (χ1v) is 14.2. The number of carbonyl (C=O) groups is 1. The second kappa shape index (κ2) is 26.2. The average Bonchev–Trinajstić information content (AvgIpc) is 2.84. The van der Waals surface area contributed by atoms with E-state index in [9.17, 15) is 15.0 Å². The lowest BCUT2D eigenvalue weighted by Gasteiger charge is -2.19. The van der Waals surface area contributed by atoms with E-state index in [1.54, 1.807) is 6.08 Å². The minimum absolute atomic E-state index is 0.0854. The zero-order valence-electron chi connectivity index (χ0n) is 22.4. The van der Waals surface area contributed by atoms with Gasteiger partial charge in [-0.3, -0.25) is 4.79 Å². The first kappa shape index (κ1) is 32.6. The smallest absolute Gasteiger partial charge is 0.220 e. The Labute approximate surface area is 211 Å². The van der Waals surface area contributed by atoms with Crippen molar-refractivity contribution in [2.75, 3.05) is 6.61 Å². The molecular formula is C30H55NO3. The molecule has 0 aliphatic carbocycles. The number of amides is 1. The van der Waals surface area contributed by atoms with Crippen molar-refractivity contribution >= 4 is 5.91 Å². The second-order valence-corrected chi connectivity index (χ2v) is 9.45. The summed E-state index contributed by atoms with van der Waals surface area (Å²) < 4.78 is 0. The maximum absolute atomic E-state index is 12.2. The van der Waals surface area contributed by atoms with E-state index < -0.39 is 12.1 Å². The summed E-state index contributed by atoms with van der Waals surface area (Å²) in [5.41, 5.74) is 0. The second-order valence-electron chi connectivity index (χ2n) is 9.45. The summed E-state index contributed by atoms with van der Waals surface area (Å²) in [5.74, 6) is -0.0854. The van der Waals surface area contributed by atoms with Crippen molar-refractivity contribution in [3.63, 3.8) is 0 Å². The zero-order chi connectivity index (χ0) is 25.1. The highest BCUT2D eigenvalue weighted by Gasteiger charge is 2.17. The van der Waals surface area contributed by atoms with Crippen LogP contribution in [-0.2, 0) is 4.79 Å². The minimum Gasteiger partial charge on any atom is -0.394 e. The minimum atomic E-state index is -0.862. The number of aliphatic hydroxyl groups is 2. The molecule has 0 saturated heterocycles. The average molecular weight is 478 g/mol. The van der Waals surface area contributed by atoms with E-state index in [1.165, 1.54) is 70.6 Å². The van der Waals surface area contributed by atoms with Crippen molar-refractivity contribution in [1.29, 1.82) is 0 Å². The quantitative estimate of drug-likeness (QED) is 0.0992. The van der Waals surface area contributed by atoms with E-state index in [0.717, 1.165) is 38.5 Å². The molecule has 0 aromatic heterocycles. The number of allylic oxidation sites excluding steroid dienone is 5. The Hall–Kier alpha value is -1.39. The van der Waals surface area contributed by atoms with E-state index in [0.29, 0.717) is 6.42 Å². The molecule has 0 fully saturated rings. The van der Waals surface area contributed by atoms with Crippen molar-refractivity contribution in [3.05, 3.63) is 36.5 Å². The lowest BCUT2D eigenvalue weighted by Crippen LogP contribution is -2.45. The molecule has 0 rings (SSSR count). The van der Waals surface area contributed by atoms with Gasteiger partial charge in [0, 0.05) is 6.42 Å². The SMILES string of the molecule is CCCC/C=C/CC/C=C/CC/C=C/C(O)C(CO)NC(=O)CCCCCCCCCCCC. The molecule has 2 unspecified atom stereocenters. The largest absolute Gasteiger partial charge is 0.394 e. The van der Waals surface area contributed by atoms with Gasteiger partial charge in [-0.25, -0.2) is 0 Å². The number of carbonyl (C=O) groups excluding carboxylic acids is 1. The third kappa shape index (κ3) is 22.4. The molecule has 0 aromatic rings. The molecule has 2 atom stereocenters. The Morgan fingerprint density at radius 3 is 1.68 bits per heavy atom. The fourth-order valence-electron chi connectivity index (χ4n) is 3.84. The molecular weight excluding hydrogens is 422 g/mol. The first-order valence-electron chi connectivity index (χ1n) is 14.2. The predicted molar refractivity (Wildman–Crippen MR) is 147 cm³/mol. The summed E-state index contributed by atoms with van der Waals surface area (Å²) >= 11 is 0. The zero-order valence-corrected chi connectivity index (χ0v) is 22.4. The Bertz CT molecular complexity index is 527. The number of nitrogens with one attached hydrogen (secondary N) is 1. The van der Waals surface area contributed by atoms with Crippen molar-refractivity contribution in [2.24, 2.45) is 0 Å². The number of unbranched alkanes of at least 4 members (excludes halogenated alkanes) is 13. The van der Waals surface area contributed by atoms with Crippen molar-refractivity contribution in [2.45, 2.75) is 142 Å². The molecule has 0 aliphatic heterocycles. The van der Waals surface area contributed by atoms with Crippen LogP contribution in [-0.4, -0.2) is 34.9 Å². The van der Waals surface area contributed by atoms with Crippen LogP contribution in [0.4, 0.5) is 0 Å². The van der Waals surface area contributed by atoms with Gasteiger partial charge in [0.15, 0.2) is 0 Å². The summed E-state index contributed by atoms with van der Waals surface area (Å²) in [4.78, 5) is 12.2. The monoisotopic (exact) mass is 477 g/mol. The molecule has 0 saturated carbocycles. The Morgan fingerprint density at radius 2 is 1.15 bits per heavy atom. The molecule has 3 N–H and O–H groups in total. The highest BCUT2D eigenvalue weighted by molar-refractivity contribution is 5.76. The first-order chi connectivity index (χ1) is 16.7. The topological polar surface area (TPSA) is 69.6 Å². The van der Waals surface area contributed by atoms with Crippen LogP contribution in [0.5, 0.6) is 0 Å². The van der Waals surface area contributed by atoms with Crippen molar-refractivity contribution in [3.8, 4) is 0 Å². The van der Waals surface area contributed by atoms with Gasteiger partial charge in [0.2, 0.25) is 5.91 Å². The molecule has 198 valence electrons. The standard InChI is InChI=1S/C30H55NO3/c1-3-5-7-9-11-13-15-16-17-19-21-23-25-29(33)28(27-32)31-30(34)26-24-22-20-18-14-12-10-8-6-4-2/h9,11,16-17,23,25,28-29,32-33H,3-8,10,12-15,18-22,24,26-27H2,1-2H3,(H,31,34)/b11-9+,17-16+,25-23+. The van der Waals surface area contributed by atoms with E-state index in [4.69, 9.17) is 0 Å². The number of hydrogen-bond donors (Lipinski definition) is 3. The van der Waals surface area contributed by atoms with Gasteiger partial charge in [0.1, 0.15) is 0 Å². The van der Waals surface area contributed by atoms with Crippen molar-refractivity contribution < 1.29 is 15.0 Å². The maximum Gasteiger partial charge on any atom is 0.220 e. The van der Waals surface area contributed by atoms with Gasteiger partial charge in [-0.15, -0.1) is 0 Å². The highest BCUT2D eigenvalue weighted by atomic mass is 16.3. The molecule has 0 heterocycles. The molecule has 0 aliphatic rings. The third-order valence-corrected chi connectivity index (χ3v) is 6.10. The lowest BCUT2D eigenvalue weighted by atomic mass is 10.1. The molecule has 0 radical (unpaired) electrons. The van der Waals surface area contributed by atoms with Crippen LogP contribution < -0.4 is 5.32 Å². The summed E-state index contributed by atoms with van der Waals surface area (Å²) in [7, 11) is 0. The van der Waals surface area contributed by atoms with Gasteiger partial charge in [0.05, 0.1) is 18.8 Å². The van der Waals surface area contributed by atoms with Crippen LogP contribution in [0.15, 0.2) is 36.5 Å². The van der Waals surface area contributed by atoms with Gasteiger partial charge in [-0.1, -0.05) is 121 Å². The van der Waals surface area contributed by atoms with Gasteiger partial charge in [0.25, 0.3) is 0 Å². The summed E-state index contributed by atoms with van der Waals surface area (Å²) in [5, 5.41) is 22.6. The van der Waals surface area contributed by atoms with Gasteiger partial charge in [-0.05, 0) is 38.5 Å². The summed E-state index contributed by atoms with van der Waals surface area (Å²) in [6, 6.07) is -0.637. The van der Waals surface area contributed by atoms with E-state index >= 15 is 0 Å². The molecule has 1 amide bonds. The maximum atomic E-state index is 12.2. The van der Waals surface area contributed by atoms with Crippen LogP contribution in [0, 0.1) is 0 Å². The van der Waals surface area contributed by atoms with Crippen LogP contribution >= 0.6 is 0 Å². The Kier molecular flexibility index (Phi) is 25.1. The number of aliphatic hydroxyl groups excluding tert-OH is 2. The van der Waals surface area contributed by atoms with Gasteiger partial charge < -0.3 is 15.5 Å². The molecule has 0 aromatic carbocycles. The van der Waals surface area contributed by atoms with Gasteiger partial charge in [-0.2, -0.15) is 0 Å². The normalized spacial score (nSPS) is 13.9. The summed E-state index contributed by atoms with van der Waals surface area (Å²) in [6.45, 7) is 4.19. The Balaban J connectivity index is 3.81. The molecule has 34 heavy (non-hydrogen) atoms. The van der Waals surface area contributed by atoms with Crippen LogP contribution in [0.2, 0.25) is 0 Å². The summed E-state index contributed by atoms with van der Waals surface area (Å²) in [6.07, 6.45) is 32.1. The van der Waals surface area contributed by atoms with E-state index in [-0.39, 0.29) is 12.5 Å². The molecule has 0 spiro atoms. The molecule has 4 nitrogen and oxygen atoms in total. The molecule has 0 bridgehead atoms. The van der Waals surface area contributed by atoms with Crippen LogP contribution in [0.3, 0.4) is 0 Å². The third-order valence-electron chi connectivity index (χ3n) is 6.10. The van der Waals surface area contributed by atoms with E-state index in [1.807, 2.05) is 6.08 Å². The predicted octanol–water partition coefficient (Wildman–Crippen LogP) is 7.55. The fraction of sp³-hybridized carbons (Fsp3) is 0.767. The Morgan fingerprint density at radius 1 is 0.676 bits per heavy atom. The van der Waals surface area contributed by atoms with E-state index in [2.05, 4.69) is 43.5 Å². The van der Waals surface area contributed by atoms with Crippen molar-refractivity contribution in [1.82, 2.24) is 5.32 Å². The van der Waals surface area contributed by atoms with Crippen LogP contribution in [0.1, 0.15) is 129 Å². The van der Waals surface area contributed by atoms with Crippen LogP contribution in [0.25, 0.3) is 0 Å². The number of hydrogen-bond acceptors (Lipinski definition) is 3. The highest BCUT2D eigenvalue weighted by Crippen LogP contribution is 2.11. The fourth-order valence-corrected chi connectivity index (χ4v) is 3.84. The lowest BCUT2D eigenvalue weighted by molar-refractivity contribution is -0.123. The number of rotatable bonds is 24. The van der Waals surface area contributed by atoms with Gasteiger partial charge >= 0.3 is 0 Å².